The second-order valence-electron chi connectivity index (χ2n) is 3.22. The summed E-state index contributed by atoms with van der Waals surface area (Å²) in [4.78, 5) is 21.8. The summed E-state index contributed by atoms with van der Waals surface area (Å²) in [5.41, 5.74) is 0.606. The first kappa shape index (κ1) is 9.45. The summed E-state index contributed by atoms with van der Waals surface area (Å²) < 4.78 is 2.71. The van der Waals surface area contributed by atoms with Gasteiger partial charge in [0.25, 0.3) is 5.91 Å². The van der Waals surface area contributed by atoms with Crippen LogP contribution in [0, 0.1) is 0 Å². The van der Waals surface area contributed by atoms with Crippen molar-refractivity contribution in [2.24, 2.45) is 0 Å². The summed E-state index contributed by atoms with van der Waals surface area (Å²) >= 11 is 3.31. The highest BCUT2D eigenvalue weighted by molar-refractivity contribution is 9.10. The molecular formula is C9H9BrN2O2. The molecule has 1 aromatic heterocycles. The molecule has 1 aliphatic heterocycles. The van der Waals surface area contributed by atoms with Gasteiger partial charge in [0.15, 0.2) is 0 Å². The Bertz CT molecular complexity index is 386. The van der Waals surface area contributed by atoms with Crippen LogP contribution in [0.15, 0.2) is 16.7 Å². The molecule has 0 saturated heterocycles. The van der Waals surface area contributed by atoms with E-state index < -0.39 is 0 Å². The molecule has 0 saturated carbocycles. The Hall–Kier alpha value is -1.10. The SMILES string of the molecule is O=CCC1CNC(=O)c2cc(Br)cn21. The molecule has 1 aliphatic rings. The Morgan fingerprint density at radius 2 is 2.50 bits per heavy atom. The van der Waals surface area contributed by atoms with Crippen LogP contribution in [-0.4, -0.2) is 23.3 Å². The lowest BCUT2D eigenvalue weighted by Gasteiger charge is -2.24. The maximum Gasteiger partial charge on any atom is 0.268 e. The van der Waals surface area contributed by atoms with E-state index in [0.29, 0.717) is 18.7 Å². The van der Waals surface area contributed by atoms with E-state index >= 15 is 0 Å². The quantitative estimate of drug-likeness (QED) is 0.807. The van der Waals surface area contributed by atoms with Crippen LogP contribution < -0.4 is 5.32 Å². The van der Waals surface area contributed by atoms with Gasteiger partial charge in [-0.25, -0.2) is 0 Å². The maximum absolute atomic E-state index is 11.4. The number of nitrogens with zero attached hydrogens (tertiary/aromatic N) is 1. The van der Waals surface area contributed by atoms with Gasteiger partial charge in [-0.2, -0.15) is 0 Å². The molecule has 4 nitrogen and oxygen atoms in total. The van der Waals surface area contributed by atoms with Crippen molar-refractivity contribution in [2.45, 2.75) is 12.5 Å². The Morgan fingerprint density at radius 1 is 1.71 bits per heavy atom. The molecule has 0 bridgehead atoms. The second-order valence-corrected chi connectivity index (χ2v) is 4.13. The lowest BCUT2D eigenvalue weighted by Crippen LogP contribution is -2.38. The molecule has 1 atom stereocenters. The lowest BCUT2D eigenvalue weighted by molar-refractivity contribution is -0.108. The first-order chi connectivity index (χ1) is 6.72. The number of fused-ring (bicyclic) bond motifs is 1. The fourth-order valence-electron chi connectivity index (χ4n) is 1.64. The van der Waals surface area contributed by atoms with Crippen molar-refractivity contribution < 1.29 is 9.59 Å². The van der Waals surface area contributed by atoms with Crippen LogP contribution >= 0.6 is 15.9 Å². The van der Waals surface area contributed by atoms with Crippen LogP contribution in [0.4, 0.5) is 0 Å². The van der Waals surface area contributed by atoms with Gasteiger partial charge >= 0.3 is 0 Å². The number of carbonyl (C=O) groups is 2. The molecule has 5 heteroatoms. The largest absolute Gasteiger partial charge is 0.349 e. The standard InChI is InChI=1S/C9H9BrN2O2/c10-6-3-8-9(14)11-4-7(1-2-13)12(8)5-6/h2-3,5,7H,1,4H2,(H,11,14). The summed E-state index contributed by atoms with van der Waals surface area (Å²) in [5, 5.41) is 2.75. The van der Waals surface area contributed by atoms with Crippen molar-refractivity contribution in [1.29, 1.82) is 0 Å². The molecule has 74 valence electrons. The van der Waals surface area contributed by atoms with Crippen LogP contribution in [0.1, 0.15) is 23.0 Å². The zero-order chi connectivity index (χ0) is 10.1. The van der Waals surface area contributed by atoms with Crippen molar-refractivity contribution in [1.82, 2.24) is 9.88 Å². The third-order valence-electron chi connectivity index (χ3n) is 2.31. The third kappa shape index (κ3) is 1.48. The molecule has 0 aromatic carbocycles. The topological polar surface area (TPSA) is 51.1 Å². The first-order valence-electron chi connectivity index (χ1n) is 4.31. The van der Waals surface area contributed by atoms with Crippen LogP contribution in [0.5, 0.6) is 0 Å². The minimum Gasteiger partial charge on any atom is -0.349 e. The van der Waals surface area contributed by atoms with E-state index in [1.165, 1.54) is 0 Å². The Labute approximate surface area is 89.4 Å². The smallest absolute Gasteiger partial charge is 0.268 e. The summed E-state index contributed by atoms with van der Waals surface area (Å²) in [7, 11) is 0. The predicted octanol–water partition coefficient (Wildman–Crippen LogP) is 1.12. The Kier molecular flexibility index (Phi) is 2.41. The van der Waals surface area contributed by atoms with Crippen molar-refractivity contribution in [3.05, 3.63) is 22.4 Å². The predicted molar refractivity (Wildman–Crippen MR) is 54.2 cm³/mol. The maximum atomic E-state index is 11.4. The van der Waals surface area contributed by atoms with Gasteiger partial charge in [0.1, 0.15) is 12.0 Å². The normalized spacial score (nSPS) is 20.1. The number of rotatable bonds is 2. The van der Waals surface area contributed by atoms with Gasteiger partial charge in [-0.15, -0.1) is 0 Å². The van der Waals surface area contributed by atoms with Crippen LogP contribution in [0.2, 0.25) is 0 Å². The molecule has 1 amide bonds. The van der Waals surface area contributed by atoms with Crippen LogP contribution in [0.3, 0.4) is 0 Å². The number of hydrogen-bond donors (Lipinski definition) is 1. The van der Waals surface area contributed by atoms with Gasteiger partial charge in [-0.3, -0.25) is 4.79 Å². The Morgan fingerprint density at radius 3 is 3.21 bits per heavy atom. The van der Waals surface area contributed by atoms with Gasteiger partial charge in [0, 0.05) is 23.6 Å². The fourth-order valence-corrected chi connectivity index (χ4v) is 2.07. The van der Waals surface area contributed by atoms with Crippen molar-refractivity contribution in [3.8, 4) is 0 Å². The molecule has 0 radical (unpaired) electrons. The highest BCUT2D eigenvalue weighted by Gasteiger charge is 2.24. The zero-order valence-corrected chi connectivity index (χ0v) is 8.95. The summed E-state index contributed by atoms with van der Waals surface area (Å²) in [5.74, 6) is -0.0853. The number of aldehydes is 1. The van der Waals surface area contributed by atoms with Crippen LogP contribution in [0.25, 0.3) is 0 Å². The molecule has 2 heterocycles. The number of hydrogen-bond acceptors (Lipinski definition) is 2. The van der Waals surface area contributed by atoms with Crippen molar-refractivity contribution in [3.63, 3.8) is 0 Å². The second kappa shape index (κ2) is 3.57. The van der Waals surface area contributed by atoms with Gasteiger partial charge in [0.2, 0.25) is 0 Å². The molecule has 2 rings (SSSR count). The molecule has 1 N–H and O–H groups in total. The monoisotopic (exact) mass is 256 g/mol. The van der Waals surface area contributed by atoms with E-state index in [9.17, 15) is 9.59 Å². The minimum absolute atomic E-state index is 0.0477. The highest BCUT2D eigenvalue weighted by atomic mass is 79.9. The van der Waals surface area contributed by atoms with Gasteiger partial charge in [-0.1, -0.05) is 0 Å². The van der Waals surface area contributed by atoms with Gasteiger partial charge < -0.3 is 14.7 Å². The van der Waals surface area contributed by atoms with Crippen molar-refractivity contribution in [2.75, 3.05) is 6.54 Å². The molecular weight excluding hydrogens is 248 g/mol. The number of amides is 1. The molecule has 1 unspecified atom stereocenters. The van der Waals surface area contributed by atoms with Gasteiger partial charge in [-0.05, 0) is 22.0 Å². The average Bonchev–Trinajstić information content (AvgIpc) is 2.53. The average molecular weight is 257 g/mol. The van der Waals surface area contributed by atoms with E-state index in [4.69, 9.17) is 0 Å². The van der Waals surface area contributed by atoms with E-state index in [-0.39, 0.29) is 11.9 Å². The summed E-state index contributed by atoms with van der Waals surface area (Å²) in [6.07, 6.45) is 3.14. The fraction of sp³-hybridized carbons (Fsp3) is 0.333. The minimum atomic E-state index is -0.0853. The van der Waals surface area contributed by atoms with Crippen LogP contribution in [-0.2, 0) is 4.79 Å². The molecule has 0 fully saturated rings. The van der Waals surface area contributed by atoms with E-state index in [1.807, 2.05) is 10.8 Å². The number of carbonyl (C=O) groups excluding carboxylic acids is 2. The number of nitrogens with one attached hydrogen (secondary N) is 1. The summed E-state index contributed by atoms with van der Waals surface area (Å²) in [6.45, 7) is 0.520. The lowest BCUT2D eigenvalue weighted by atomic mass is 10.1. The highest BCUT2D eigenvalue weighted by Crippen LogP contribution is 2.23. The number of halogens is 1. The molecule has 14 heavy (non-hydrogen) atoms. The third-order valence-corrected chi connectivity index (χ3v) is 2.74. The van der Waals surface area contributed by atoms with Crippen molar-refractivity contribution >= 4 is 28.1 Å². The van der Waals surface area contributed by atoms with E-state index in [1.54, 1.807) is 6.07 Å². The Balaban J connectivity index is 2.40. The van der Waals surface area contributed by atoms with Gasteiger partial charge in [0.05, 0.1) is 6.04 Å². The summed E-state index contributed by atoms with van der Waals surface area (Å²) in [6, 6.07) is 1.80. The number of aromatic nitrogens is 1. The zero-order valence-electron chi connectivity index (χ0n) is 7.37. The molecule has 0 aliphatic carbocycles. The first-order valence-corrected chi connectivity index (χ1v) is 5.11. The molecule has 0 spiro atoms. The van der Waals surface area contributed by atoms with E-state index in [0.717, 1.165) is 10.8 Å². The van der Waals surface area contributed by atoms with E-state index in [2.05, 4.69) is 21.2 Å². The molecule has 1 aromatic rings.